The second-order valence-corrected chi connectivity index (χ2v) is 5.89. The molecule has 2 aromatic carbocycles. The molecule has 104 valence electrons. The molecule has 0 saturated carbocycles. The van der Waals surface area contributed by atoms with Gasteiger partial charge in [0.25, 0.3) is 0 Å². The summed E-state index contributed by atoms with van der Waals surface area (Å²) in [6.45, 7) is 0. The van der Waals surface area contributed by atoms with Gasteiger partial charge in [-0.1, -0.05) is 6.07 Å². The Morgan fingerprint density at radius 1 is 1.15 bits per heavy atom. The molecule has 2 nitrogen and oxygen atoms in total. The van der Waals surface area contributed by atoms with Crippen LogP contribution in [0.2, 0.25) is 0 Å². The van der Waals surface area contributed by atoms with Crippen LogP contribution in [0.25, 0.3) is 0 Å². The molecule has 0 unspecified atom stereocenters. The van der Waals surface area contributed by atoms with Crippen LogP contribution in [0.1, 0.15) is 15.9 Å². The van der Waals surface area contributed by atoms with Crippen molar-refractivity contribution in [2.75, 3.05) is 0 Å². The lowest BCUT2D eigenvalue weighted by atomic mass is 10.2. The molecule has 0 aromatic heterocycles. The van der Waals surface area contributed by atoms with Gasteiger partial charge in [0.2, 0.25) is 0 Å². The normalized spacial score (nSPS) is 10.6. The highest BCUT2D eigenvalue weighted by atomic mass is 79.9. The number of hydrogen-bond acceptors (Lipinski definition) is 2. The topological polar surface area (TPSA) is 37.3 Å². The first-order valence-electron chi connectivity index (χ1n) is 5.57. The highest BCUT2D eigenvalue weighted by Crippen LogP contribution is 2.26. The summed E-state index contributed by atoms with van der Waals surface area (Å²) in [4.78, 5) is 11.5. The molecule has 2 rings (SSSR count). The molecule has 1 N–H and O–H groups in total. The van der Waals surface area contributed by atoms with E-state index in [4.69, 9.17) is 5.11 Å². The number of thioether (sulfide) groups is 1. The summed E-state index contributed by atoms with van der Waals surface area (Å²) in [5.74, 6) is -1.86. The molecular weight excluding hydrogens is 350 g/mol. The van der Waals surface area contributed by atoms with Gasteiger partial charge in [-0.25, -0.2) is 13.6 Å². The standard InChI is InChI=1S/C14H9BrF2O2S/c15-11-5-8(1-3-13(11)17)7-20-9-2-4-12(16)10(6-9)14(18)19/h1-6H,7H2,(H,18,19). The molecule has 0 radical (unpaired) electrons. The Balaban J connectivity index is 2.12. The summed E-state index contributed by atoms with van der Waals surface area (Å²) < 4.78 is 26.7. The van der Waals surface area contributed by atoms with Gasteiger partial charge in [-0.3, -0.25) is 0 Å². The van der Waals surface area contributed by atoms with Gasteiger partial charge in [-0.05, 0) is 51.8 Å². The summed E-state index contributed by atoms with van der Waals surface area (Å²) in [7, 11) is 0. The van der Waals surface area contributed by atoms with Gasteiger partial charge in [-0.2, -0.15) is 0 Å². The number of carbonyl (C=O) groups is 1. The lowest BCUT2D eigenvalue weighted by Crippen LogP contribution is -2.00. The Hall–Kier alpha value is -1.40. The lowest BCUT2D eigenvalue weighted by Gasteiger charge is -2.05. The van der Waals surface area contributed by atoms with Crippen molar-refractivity contribution in [3.63, 3.8) is 0 Å². The van der Waals surface area contributed by atoms with Crippen molar-refractivity contribution in [1.82, 2.24) is 0 Å². The molecule has 0 aliphatic rings. The largest absolute Gasteiger partial charge is 0.478 e. The van der Waals surface area contributed by atoms with E-state index in [1.807, 2.05) is 0 Å². The van der Waals surface area contributed by atoms with Crippen molar-refractivity contribution in [3.05, 3.63) is 63.6 Å². The van der Waals surface area contributed by atoms with E-state index >= 15 is 0 Å². The monoisotopic (exact) mass is 358 g/mol. The smallest absolute Gasteiger partial charge is 0.338 e. The average Bonchev–Trinajstić information content (AvgIpc) is 2.41. The number of carboxylic acids is 1. The molecule has 0 aliphatic heterocycles. The Bertz CT molecular complexity index is 662. The van der Waals surface area contributed by atoms with Crippen LogP contribution in [0, 0.1) is 11.6 Å². The first kappa shape index (κ1) is 15.0. The van der Waals surface area contributed by atoms with E-state index in [0.717, 1.165) is 11.6 Å². The number of benzene rings is 2. The van der Waals surface area contributed by atoms with Gasteiger partial charge in [0.05, 0.1) is 10.0 Å². The van der Waals surface area contributed by atoms with Crippen molar-refractivity contribution >= 4 is 33.7 Å². The van der Waals surface area contributed by atoms with Gasteiger partial charge in [0.1, 0.15) is 11.6 Å². The van der Waals surface area contributed by atoms with Crippen LogP contribution < -0.4 is 0 Å². The molecule has 0 bridgehead atoms. The molecule has 0 fully saturated rings. The van der Waals surface area contributed by atoms with E-state index in [9.17, 15) is 13.6 Å². The Morgan fingerprint density at radius 2 is 1.85 bits per heavy atom. The van der Waals surface area contributed by atoms with E-state index in [1.54, 1.807) is 12.1 Å². The zero-order chi connectivity index (χ0) is 14.7. The third-order valence-electron chi connectivity index (χ3n) is 2.56. The zero-order valence-corrected chi connectivity index (χ0v) is 12.5. The molecular formula is C14H9BrF2O2S. The second kappa shape index (κ2) is 6.37. The highest BCUT2D eigenvalue weighted by molar-refractivity contribution is 9.10. The highest BCUT2D eigenvalue weighted by Gasteiger charge is 2.11. The van der Waals surface area contributed by atoms with Crippen LogP contribution in [0.4, 0.5) is 8.78 Å². The van der Waals surface area contributed by atoms with Gasteiger partial charge in [-0.15, -0.1) is 11.8 Å². The summed E-state index contributed by atoms with van der Waals surface area (Å²) in [5.41, 5.74) is 0.528. The molecule has 6 heteroatoms. The predicted molar refractivity (Wildman–Crippen MR) is 77.0 cm³/mol. The summed E-state index contributed by atoms with van der Waals surface area (Å²) >= 11 is 4.46. The van der Waals surface area contributed by atoms with E-state index in [-0.39, 0.29) is 11.4 Å². The summed E-state index contributed by atoms with van der Waals surface area (Å²) in [5, 5.41) is 8.85. The molecule has 0 aliphatic carbocycles. The maximum Gasteiger partial charge on any atom is 0.338 e. The third kappa shape index (κ3) is 3.58. The van der Waals surface area contributed by atoms with Crippen LogP contribution in [0.5, 0.6) is 0 Å². The number of carboxylic acid groups (broad SMARTS) is 1. The second-order valence-electron chi connectivity index (χ2n) is 3.98. The van der Waals surface area contributed by atoms with Gasteiger partial charge < -0.3 is 5.11 Å². The van der Waals surface area contributed by atoms with E-state index in [1.165, 1.54) is 30.0 Å². The SMILES string of the molecule is O=C(O)c1cc(SCc2ccc(F)c(Br)c2)ccc1F. The first-order chi connectivity index (χ1) is 9.47. The van der Waals surface area contributed by atoms with Gasteiger partial charge in [0, 0.05) is 10.6 Å². The minimum Gasteiger partial charge on any atom is -0.478 e. The van der Waals surface area contributed by atoms with E-state index in [2.05, 4.69) is 15.9 Å². The minimum atomic E-state index is -1.30. The van der Waals surface area contributed by atoms with Crippen LogP contribution in [0.3, 0.4) is 0 Å². The van der Waals surface area contributed by atoms with E-state index in [0.29, 0.717) is 15.1 Å². The van der Waals surface area contributed by atoms with Crippen molar-refractivity contribution in [1.29, 1.82) is 0 Å². The van der Waals surface area contributed by atoms with E-state index < -0.39 is 11.8 Å². The Morgan fingerprint density at radius 3 is 2.50 bits per heavy atom. The number of hydrogen-bond donors (Lipinski definition) is 1. The average molecular weight is 359 g/mol. The Kier molecular flexibility index (Phi) is 4.77. The van der Waals surface area contributed by atoms with Crippen LogP contribution in [0.15, 0.2) is 45.8 Å². The molecule has 0 saturated heterocycles. The zero-order valence-electron chi connectivity index (χ0n) is 10.1. The van der Waals surface area contributed by atoms with Crippen LogP contribution in [-0.4, -0.2) is 11.1 Å². The lowest BCUT2D eigenvalue weighted by molar-refractivity contribution is 0.0691. The third-order valence-corrected chi connectivity index (χ3v) is 4.23. The molecule has 2 aromatic rings. The summed E-state index contributed by atoms with van der Waals surface area (Å²) in [6, 6.07) is 8.60. The molecule has 0 atom stereocenters. The van der Waals surface area contributed by atoms with Crippen molar-refractivity contribution in [3.8, 4) is 0 Å². The van der Waals surface area contributed by atoms with Gasteiger partial charge in [0.15, 0.2) is 0 Å². The van der Waals surface area contributed by atoms with Crippen LogP contribution in [-0.2, 0) is 5.75 Å². The first-order valence-corrected chi connectivity index (χ1v) is 7.35. The molecule has 0 heterocycles. The fraction of sp³-hybridized carbons (Fsp3) is 0.0714. The molecule has 0 amide bonds. The Labute approximate surface area is 126 Å². The maximum atomic E-state index is 13.2. The minimum absolute atomic E-state index is 0.339. The van der Waals surface area contributed by atoms with Gasteiger partial charge >= 0.3 is 5.97 Å². The van der Waals surface area contributed by atoms with Crippen molar-refractivity contribution in [2.45, 2.75) is 10.6 Å². The fourth-order valence-electron chi connectivity index (χ4n) is 1.55. The summed E-state index contributed by atoms with van der Waals surface area (Å²) in [6.07, 6.45) is 0. The van der Waals surface area contributed by atoms with Crippen molar-refractivity contribution in [2.24, 2.45) is 0 Å². The number of aromatic carboxylic acids is 1. The number of halogens is 3. The quantitative estimate of drug-likeness (QED) is 0.803. The fourth-order valence-corrected chi connectivity index (χ4v) is 2.86. The van der Waals surface area contributed by atoms with Crippen LogP contribution >= 0.6 is 27.7 Å². The molecule has 0 spiro atoms. The molecule has 20 heavy (non-hydrogen) atoms. The number of rotatable bonds is 4. The maximum absolute atomic E-state index is 13.2. The predicted octanol–water partition coefficient (Wildman–Crippen LogP) is 4.72. The van der Waals surface area contributed by atoms with Crippen molar-refractivity contribution < 1.29 is 18.7 Å².